The van der Waals surface area contributed by atoms with Crippen LogP contribution < -0.4 is 16.6 Å². The fourth-order valence-electron chi connectivity index (χ4n) is 1.37. The number of aliphatic imine (C=N–C) groups is 1. The fraction of sp³-hybridized carbons (Fsp3) is 0.444. The highest BCUT2D eigenvalue weighted by atomic mass is 16.1. The molecule has 0 unspecified atom stereocenters. The highest BCUT2D eigenvalue weighted by molar-refractivity contribution is 5.98. The summed E-state index contributed by atoms with van der Waals surface area (Å²) in [7, 11) is 0. The molecule has 2 rings (SSSR count). The van der Waals surface area contributed by atoms with Crippen molar-refractivity contribution in [2.24, 2.45) is 4.99 Å². The Morgan fingerprint density at radius 1 is 1.40 bits per heavy atom. The van der Waals surface area contributed by atoms with Crippen molar-refractivity contribution in [1.29, 1.82) is 0 Å². The molecule has 6 nitrogen and oxygen atoms in total. The zero-order chi connectivity index (χ0) is 11.2. The first kappa shape index (κ1) is 9.70. The van der Waals surface area contributed by atoms with Crippen LogP contribution in [0.1, 0.15) is 20.8 Å². The molecule has 0 aromatic carbocycles. The Balaban J connectivity index is 2.68. The van der Waals surface area contributed by atoms with E-state index in [1.807, 2.05) is 20.8 Å². The zero-order valence-corrected chi connectivity index (χ0v) is 8.88. The molecular weight excluding hydrogens is 194 g/mol. The number of nitrogen functional groups attached to an aromatic ring is 1. The van der Waals surface area contributed by atoms with Gasteiger partial charge >= 0.3 is 0 Å². The molecule has 0 fully saturated rings. The van der Waals surface area contributed by atoms with Gasteiger partial charge in [0.15, 0.2) is 11.5 Å². The Bertz CT molecular complexity index is 500. The van der Waals surface area contributed by atoms with E-state index in [4.69, 9.17) is 5.73 Å². The van der Waals surface area contributed by atoms with E-state index in [0.29, 0.717) is 11.5 Å². The first-order valence-corrected chi connectivity index (χ1v) is 4.64. The third kappa shape index (κ3) is 1.47. The molecule has 0 aliphatic carbocycles. The highest BCUT2D eigenvalue weighted by Crippen LogP contribution is 2.28. The molecule has 1 aromatic rings. The van der Waals surface area contributed by atoms with Crippen molar-refractivity contribution in [2.45, 2.75) is 26.3 Å². The molecule has 0 amide bonds. The molecule has 0 spiro atoms. The van der Waals surface area contributed by atoms with E-state index in [0.717, 1.165) is 5.71 Å². The van der Waals surface area contributed by atoms with Gasteiger partial charge in [-0.15, -0.1) is 0 Å². The SMILES string of the molecule is CC1=Nc2c(nc(N)[nH]c2=O)NC1(C)C. The van der Waals surface area contributed by atoms with Gasteiger partial charge in [0.1, 0.15) is 0 Å². The van der Waals surface area contributed by atoms with E-state index in [-0.39, 0.29) is 17.0 Å². The van der Waals surface area contributed by atoms with Crippen LogP contribution in [-0.4, -0.2) is 21.2 Å². The van der Waals surface area contributed by atoms with Crippen molar-refractivity contribution in [2.75, 3.05) is 11.1 Å². The standard InChI is InChI=1S/C9H13N5O/c1-4-9(2,3)14-6-5(11-4)7(15)13-8(10)12-6/h1-3H3,(H4,10,12,13,14,15). The third-order valence-electron chi connectivity index (χ3n) is 2.53. The molecule has 0 bridgehead atoms. The number of hydrogen-bond acceptors (Lipinski definition) is 5. The number of hydrogen-bond donors (Lipinski definition) is 3. The molecule has 1 aliphatic heterocycles. The number of aromatic amines is 1. The van der Waals surface area contributed by atoms with E-state index >= 15 is 0 Å². The van der Waals surface area contributed by atoms with E-state index in [1.165, 1.54) is 0 Å². The maximum Gasteiger partial charge on any atom is 0.280 e. The van der Waals surface area contributed by atoms with E-state index in [9.17, 15) is 4.79 Å². The van der Waals surface area contributed by atoms with Crippen LogP contribution in [0.2, 0.25) is 0 Å². The van der Waals surface area contributed by atoms with Crippen molar-refractivity contribution < 1.29 is 0 Å². The number of nitrogens with zero attached hydrogens (tertiary/aromatic N) is 2. The first-order valence-electron chi connectivity index (χ1n) is 4.64. The Kier molecular flexibility index (Phi) is 1.82. The van der Waals surface area contributed by atoms with Crippen LogP contribution in [0.3, 0.4) is 0 Å². The molecule has 1 aliphatic rings. The van der Waals surface area contributed by atoms with Gasteiger partial charge in [-0.05, 0) is 20.8 Å². The monoisotopic (exact) mass is 207 g/mol. The minimum Gasteiger partial charge on any atom is -0.369 e. The van der Waals surface area contributed by atoms with Gasteiger partial charge in [-0.1, -0.05) is 0 Å². The van der Waals surface area contributed by atoms with E-state index in [1.54, 1.807) is 0 Å². The number of rotatable bonds is 0. The summed E-state index contributed by atoms with van der Waals surface area (Å²) in [5.41, 5.74) is 5.96. The quantitative estimate of drug-likeness (QED) is 0.582. The summed E-state index contributed by atoms with van der Waals surface area (Å²) < 4.78 is 0. The first-order chi connectivity index (χ1) is 6.90. The Morgan fingerprint density at radius 2 is 2.07 bits per heavy atom. The van der Waals surface area contributed by atoms with Crippen LogP contribution in [0.25, 0.3) is 0 Å². The summed E-state index contributed by atoms with van der Waals surface area (Å²) in [5, 5.41) is 3.13. The molecule has 4 N–H and O–H groups in total. The molecule has 2 heterocycles. The Morgan fingerprint density at radius 3 is 2.73 bits per heavy atom. The van der Waals surface area contributed by atoms with Crippen molar-refractivity contribution in [3.63, 3.8) is 0 Å². The third-order valence-corrected chi connectivity index (χ3v) is 2.53. The van der Waals surface area contributed by atoms with E-state index in [2.05, 4.69) is 20.3 Å². The second kappa shape index (κ2) is 2.82. The lowest BCUT2D eigenvalue weighted by atomic mass is 9.98. The maximum atomic E-state index is 11.5. The molecule has 80 valence electrons. The molecule has 0 atom stereocenters. The van der Waals surface area contributed by atoms with E-state index < -0.39 is 0 Å². The van der Waals surface area contributed by atoms with Crippen molar-refractivity contribution in [3.05, 3.63) is 10.4 Å². The highest BCUT2D eigenvalue weighted by Gasteiger charge is 2.28. The number of anilines is 2. The predicted octanol–water partition coefficient (Wildman–Crippen LogP) is 0.649. The number of nitrogens with one attached hydrogen (secondary N) is 2. The normalized spacial score (nSPS) is 17.7. The van der Waals surface area contributed by atoms with Crippen LogP contribution in [0.15, 0.2) is 9.79 Å². The van der Waals surface area contributed by atoms with Crippen LogP contribution >= 0.6 is 0 Å². The van der Waals surface area contributed by atoms with Crippen molar-refractivity contribution in [1.82, 2.24) is 9.97 Å². The summed E-state index contributed by atoms with van der Waals surface area (Å²) >= 11 is 0. The second-order valence-electron chi connectivity index (χ2n) is 4.10. The van der Waals surface area contributed by atoms with Gasteiger partial charge in [-0.25, -0.2) is 4.99 Å². The molecule has 1 aromatic heterocycles. The summed E-state index contributed by atoms with van der Waals surface area (Å²) in [5.74, 6) is 0.531. The molecule has 0 radical (unpaired) electrons. The summed E-state index contributed by atoms with van der Waals surface area (Å²) in [6.07, 6.45) is 0. The topological polar surface area (TPSA) is 96.2 Å². The fourth-order valence-corrected chi connectivity index (χ4v) is 1.37. The van der Waals surface area contributed by atoms with Crippen molar-refractivity contribution >= 4 is 23.2 Å². The molecule has 6 heteroatoms. The zero-order valence-electron chi connectivity index (χ0n) is 8.88. The molecule has 15 heavy (non-hydrogen) atoms. The lowest BCUT2D eigenvalue weighted by Gasteiger charge is -2.30. The molecule has 0 saturated carbocycles. The van der Waals surface area contributed by atoms with Gasteiger partial charge in [-0.3, -0.25) is 9.78 Å². The summed E-state index contributed by atoms with van der Waals surface area (Å²) in [4.78, 5) is 22.2. The van der Waals surface area contributed by atoms with Gasteiger partial charge < -0.3 is 11.1 Å². The number of nitrogens with two attached hydrogens (primary N) is 1. The van der Waals surface area contributed by atoms with Crippen molar-refractivity contribution in [3.8, 4) is 0 Å². The second-order valence-corrected chi connectivity index (χ2v) is 4.10. The predicted molar refractivity (Wildman–Crippen MR) is 59.7 cm³/mol. The summed E-state index contributed by atoms with van der Waals surface area (Å²) in [6.45, 7) is 5.80. The number of aromatic nitrogens is 2. The van der Waals surface area contributed by atoms with Crippen LogP contribution in [-0.2, 0) is 0 Å². The maximum absolute atomic E-state index is 11.5. The van der Waals surface area contributed by atoms with Gasteiger partial charge in [0, 0.05) is 5.71 Å². The average molecular weight is 207 g/mol. The number of H-pyrrole nitrogens is 1. The van der Waals surface area contributed by atoms with Gasteiger partial charge in [0.25, 0.3) is 5.56 Å². The number of fused-ring (bicyclic) bond motifs is 1. The van der Waals surface area contributed by atoms with Gasteiger partial charge in [0.05, 0.1) is 5.54 Å². The average Bonchev–Trinajstić information content (AvgIpc) is 2.08. The minimum atomic E-state index is -0.320. The lowest BCUT2D eigenvalue weighted by Crippen LogP contribution is -2.41. The van der Waals surface area contributed by atoms with Gasteiger partial charge in [-0.2, -0.15) is 4.98 Å². The van der Waals surface area contributed by atoms with Gasteiger partial charge in [0.2, 0.25) is 5.95 Å². The lowest BCUT2D eigenvalue weighted by molar-refractivity contribution is 0.738. The molecular formula is C9H13N5O. The summed E-state index contributed by atoms with van der Waals surface area (Å²) in [6, 6.07) is 0. The Hall–Kier alpha value is -1.85. The largest absolute Gasteiger partial charge is 0.369 e. The van der Waals surface area contributed by atoms with Crippen LogP contribution in [0.5, 0.6) is 0 Å². The van der Waals surface area contributed by atoms with Crippen LogP contribution in [0, 0.1) is 0 Å². The smallest absolute Gasteiger partial charge is 0.280 e. The van der Waals surface area contributed by atoms with Crippen LogP contribution in [0.4, 0.5) is 17.5 Å². The Labute approximate surface area is 86.6 Å². The minimum absolute atomic E-state index is 0.0943. The molecule has 0 saturated heterocycles.